The van der Waals surface area contributed by atoms with Gasteiger partial charge in [-0.2, -0.15) is 0 Å². The molecule has 10 rings (SSSR count). The number of benzene rings is 7. The monoisotopic (exact) mass is 574 g/mol. The van der Waals surface area contributed by atoms with Gasteiger partial charge in [-0.1, -0.05) is 115 Å². The molecule has 0 saturated heterocycles. The summed E-state index contributed by atoms with van der Waals surface area (Å²) in [5, 5.41) is 2.25. The van der Waals surface area contributed by atoms with Crippen molar-refractivity contribution in [2.45, 2.75) is 5.41 Å². The second kappa shape index (κ2) is 9.07. The molecule has 7 aromatic carbocycles. The van der Waals surface area contributed by atoms with Crippen molar-refractivity contribution in [2.75, 3.05) is 0 Å². The van der Waals surface area contributed by atoms with Gasteiger partial charge in [0.1, 0.15) is 22.7 Å². The molecule has 8 aromatic rings. The van der Waals surface area contributed by atoms with E-state index in [-0.39, 0.29) is 0 Å². The third-order valence-electron chi connectivity index (χ3n) is 9.76. The van der Waals surface area contributed by atoms with Crippen LogP contribution in [0.4, 0.5) is 0 Å². The van der Waals surface area contributed by atoms with Gasteiger partial charge in [0.25, 0.3) is 0 Å². The summed E-state index contributed by atoms with van der Waals surface area (Å²) in [5.74, 6) is 1.80. The van der Waals surface area contributed by atoms with Crippen LogP contribution in [0.2, 0.25) is 0 Å². The zero-order valence-corrected chi connectivity index (χ0v) is 24.3. The highest BCUT2D eigenvalue weighted by Gasteiger charge is 2.50. The summed E-state index contributed by atoms with van der Waals surface area (Å²) in [4.78, 5) is 0. The van der Waals surface area contributed by atoms with E-state index in [4.69, 9.17) is 9.15 Å². The first-order valence-electron chi connectivity index (χ1n) is 15.4. The normalized spacial score (nSPS) is 13.7. The van der Waals surface area contributed by atoms with E-state index >= 15 is 0 Å². The smallest absolute Gasteiger partial charge is 0.136 e. The maximum Gasteiger partial charge on any atom is 0.136 e. The number of furan rings is 1. The molecule has 2 nitrogen and oxygen atoms in total. The van der Waals surface area contributed by atoms with Crippen LogP contribution in [0, 0.1) is 0 Å². The topological polar surface area (TPSA) is 22.4 Å². The molecule has 45 heavy (non-hydrogen) atoms. The first-order chi connectivity index (χ1) is 22.3. The van der Waals surface area contributed by atoms with Gasteiger partial charge < -0.3 is 9.15 Å². The zero-order chi connectivity index (χ0) is 29.5. The number of fused-ring (bicyclic) bond motifs is 12. The van der Waals surface area contributed by atoms with E-state index in [2.05, 4.69) is 152 Å². The number of ether oxygens (including phenoxy) is 1. The zero-order valence-electron chi connectivity index (χ0n) is 24.3. The molecule has 210 valence electrons. The average molecular weight is 575 g/mol. The molecule has 0 radical (unpaired) electrons. The number of rotatable bonds is 2. The van der Waals surface area contributed by atoms with E-state index in [1.807, 2.05) is 6.07 Å². The molecule has 0 bridgehead atoms. The van der Waals surface area contributed by atoms with Crippen LogP contribution in [0.15, 0.2) is 162 Å². The lowest BCUT2D eigenvalue weighted by Gasteiger charge is -2.39. The Kier molecular flexibility index (Phi) is 4.95. The minimum Gasteiger partial charge on any atom is -0.457 e. The summed E-state index contributed by atoms with van der Waals surface area (Å²) >= 11 is 0. The third-order valence-corrected chi connectivity index (χ3v) is 9.76. The number of hydrogen-bond acceptors (Lipinski definition) is 2. The Morgan fingerprint density at radius 2 is 0.867 bits per heavy atom. The Labute approximate surface area is 260 Å². The van der Waals surface area contributed by atoms with Crippen molar-refractivity contribution in [1.82, 2.24) is 0 Å². The SMILES string of the molecule is c1ccc(-c2ccc3c(c2)oc2cc(-c4ccc5c(c4)C4(c6ccccc6O5)c5ccccc5-c5ccccc54)ccc23)cc1. The Morgan fingerprint density at radius 3 is 1.56 bits per heavy atom. The van der Waals surface area contributed by atoms with Gasteiger partial charge in [-0.15, -0.1) is 0 Å². The van der Waals surface area contributed by atoms with Crippen molar-refractivity contribution in [3.8, 4) is 44.9 Å². The molecule has 2 aliphatic rings. The molecule has 0 saturated carbocycles. The van der Waals surface area contributed by atoms with E-state index in [0.29, 0.717) is 0 Å². The van der Waals surface area contributed by atoms with Gasteiger partial charge in [0.2, 0.25) is 0 Å². The Hall–Kier alpha value is -5.86. The van der Waals surface area contributed by atoms with E-state index in [0.717, 1.165) is 55.7 Å². The lowest BCUT2D eigenvalue weighted by atomic mass is 9.66. The van der Waals surface area contributed by atoms with Crippen molar-refractivity contribution >= 4 is 21.9 Å². The average Bonchev–Trinajstić information content (AvgIpc) is 3.62. The minimum atomic E-state index is -0.481. The van der Waals surface area contributed by atoms with Gasteiger partial charge in [0.15, 0.2) is 0 Å². The molecule has 0 atom stereocenters. The Morgan fingerprint density at radius 1 is 0.356 bits per heavy atom. The molecular formula is C43H26O2. The van der Waals surface area contributed by atoms with Crippen LogP contribution in [-0.4, -0.2) is 0 Å². The predicted octanol–water partition coefficient (Wildman–Crippen LogP) is 11.4. The quantitative estimate of drug-likeness (QED) is 0.205. The van der Waals surface area contributed by atoms with Gasteiger partial charge in [-0.3, -0.25) is 0 Å². The summed E-state index contributed by atoms with van der Waals surface area (Å²) in [7, 11) is 0. The lowest BCUT2D eigenvalue weighted by molar-refractivity contribution is 0.436. The molecule has 1 aliphatic carbocycles. The second-order valence-electron chi connectivity index (χ2n) is 12.0. The van der Waals surface area contributed by atoms with Crippen molar-refractivity contribution in [2.24, 2.45) is 0 Å². The van der Waals surface area contributed by atoms with Crippen LogP contribution >= 0.6 is 0 Å². The minimum absolute atomic E-state index is 0.481. The van der Waals surface area contributed by atoms with Gasteiger partial charge in [0, 0.05) is 21.9 Å². The summed E-state index contributed by atoms with van der Waals surface area (Å²) in [6, 6.07) is 56.4. The number of hydrogen-bond donors (Lipinski definition) is 0. The predicted molar refractivity (Wildman–Crippen MR) is 182 cm³/mol. The summed E-state index contributed by atoms with van der Waals surface area (Å²) in [5.41, 5.74) is 13.4. The van der Waals surface area contributed by atoms with Crippen LogP contribution < -0.4 is 4.74 Å². The summed E-state index contributed by atoms with van der Waals surface area (Å²) in [6.45, 7) is 0. The highest BCUT2D eigenvalue weighted by molar-refractivity contribution is 6.07. The molecule has 1 aliphatic heterocycles. The highest BCUT2D eigenvalue weighted by atomic mass is 16.5. The van der Waals surface area contributed by atoms with Crippen LogP contribution in [0.1, 0.15) is 22.3 Å². The molecule has 2 heterocycles. The fourth-order valence-electron chi connectivity index (χ4n) is 7.80. The highest BCUT2D eigenvalue weighted by Crippen LogP contribution is 2.62. The van der Waals surface area contributed by atoms with E-state index < -0.39 is 5.41 Å². The van der Waals surface area contributed by atoms with Crippen LogP contribution in [0.3, 0.4) is 0 Å². The standard InChI is InChI=1S/C43H26O2/c1-2-10-27(11-3-1)29-18-21-33-34-22-19-30(26-42(34)45-41(33)25-29)28-20-23-40-38(24-28)43(37-16-8-9-17-39(37)44-40)35-14-6-4-12-31(35)32-13-5-7-15-36(32)43/h1-26H. The molecule has 1 spiro atoms. The lowest BCUT2D eigenvalue weighted by Crippen LogP contribution is -2.32. The van der Waals surface area contributed by atoms with Gasteiger partial charge in [-0.25, -0.2) is 0 Å². The van der Waals surface area contributed by atoms with E-state index in [1.165, 1.54) is 33.4 Å². The Balaban J connectivity index is 1.18. The molecule has 0 fully saturated rings. The first kappa shape index (κ1) is 24.6. The van der Waals surface area contributed by atoms with Crippen LogP contribution in [0.5, 0.6) is 11.5 Å². The fraction of sp³-hybridized carbons (Fsp3) is 0.0233. The molecule has 2 heteroatoms. The fourth-order valence-corrected chi connectivity index (χ4v) is 7.80. The van der Waals surface area contributed by atoms with Crippen molar-refractivity contribution in [3.05, 3.63) is 180 Å². The summed E-state index contributed by atoms with van der Waals surface area (Å²) in [6.07, 6.45) is 0. The van der Waals surface area contributed by atoms with E-state index in [9.17, 15) is 0 Å². The van der Waals surface area contributed by atoms with Crippen molar-refractivity contribution < 1.29 is 9.15 Å². The second-order valence-corrected chi connectivity index (χ2v) is 12.0. The molecular weight excluding hydrogens is 548 g/mol. The molecule has 0 unspecified atom stereocenters. The largest absolute Gasteiger partial charge is 0.457 e. The molecule has 1 aromatic heterocycles. The van der Waals surface area contributed by atoms with Crippen LogP contribution in [0.25, 0.3) is 55.3 Å². The first-order valence-corrected chi connectivity index (χ1v) is 15.4. The maximum atomic E-state index is 6.62. The van der Waals surface area contributed by atoms with Crippen molar-refractivity contribution in [3.63, 3.8) is 0 Å². The van der Waals surface area contributed by atoms with Gasteiger partial charge in [0.05, 0.1) is 5.41 Å². The van der Waals surface area contributed by atoms with Gasteiger partial charge in [-0.05, 0) is 87.0 Å². The summed E-state index contributed by atoms with van der Waals surface area (Å²) < 4.78 is 13.1. The van der Waals surface area contributed by atoms with Crippen molar-refractivity contribution in [1.29, 1.82) is 0 Å². The van der Waals surface area contributed by atoms with Gasteiger partial charge >= 0.3 is 0 Å². The maximum absolute atomic E-state index is 6.62. The third kappa shape index (κ3) is 3.34. The van der Waals surface area contributed by atoms with Crippen LogP contribution in [-0.2, 0) is 5.41 Å². The Bertz CT molecular complexity index is 2420. The van der Waals surface area contributed by atoms with E-state index in [1.54, 1.807) is 0 Å². The molecule has 0 amide bonds. The number of para-hydroxylation sites is 1. The molecule has 0 N–H and O–H groups in total.